The highest BCUT2D eigenvalue weighted by atomic mass is 16.7. The first-order valence-electron chi connectivity index (χ1n) is 8.26. The first-order chi connectivity index (χ1) is 11.5. The van der Waals surface area contributed by atoms with Gasteiger partial charge in [-0.25, -0.2) is 4.79 Å². The number of hydrogen-bond donors (Lipinski definition) is 0. The molecule has 0 spiro atoms. The van der Waals surface area contributed by atoms with E-state index in [1.54, 1.807) is 13.0 Å². The number of cyclic esters (lactones) is 1. The molecule has 2 amide bonds. The molecule has 4 aliphatic rings. The lowest BCUT2D eigenvalue weighted by molar-refractivity contribution is -0.152. The van der Waals surface area contributed by atoms with Crippen LogP contribution in [-0.4, -0.2) is 35.0 Å². The molecule has 0 aromatic carbocycles. The molecular formula is C18H19NO5. The summed E-state index contributed by atoms with van der Waals surface area (Å²) in [5.41, 5.74) is 2.20. The number of rotatable bonds is 2. The van der Waals surface area contributed by atoms with Crippen LogP contribution >= 0.6 is 0 Å². The second-order valence-corrected chi connectivity index (χ2v) is 6.79. The topological polar surface area (TPSA) is 72.9 Å². The Morgan fingerprint density at radius 1 is 1.42 bits per heavy atom. The van der Waals surface area contributed by atoms with Crippen molar-refractivity contribution in [1.29, 1.82) is 0 Å². The number of carbonyl (C=O) groups excluding carboxylic acids is 3. The van der Waals surface area contributed by atoms with Gasteiger partial charge < -0.3 is 9.47 Å². The maximum absolute atomic E-state index is 12.7. The minimum Gasteiger partial charge on any atom is -0.458 e. The molecule has 6 heteroatoms. The van der Waals surface area contributed by atoms with E-state index in [0.717, 1.165) is 19.3 Å². The lowest BCUT2D eigenvalue weighted by Crippen LogP contribution is -2.38. The predicted molar refractivity (Wildman–Crippen MR) is 83.0 cm³/mol. The van der Waals surface area contributed by atoms with Crippen molar-refractivity contribution < 1.29 is 23.9 Å². The summed E-state index contributed by atoms with van der Waals surface area (Å²) in [6.07, 6.45) is 7.29. The Hall–Kier alpha value is -2.37. The van der Waals surface area contributed by atoms with Gasteiger partial charge in [0.05, 0.1) is 17.9 Å². The van der Waals surface area contributed by atoms with Crippen LogP contribution in [0.5, 0.6) is 0 Å². The van der Waals surface area contributed by atoms with Gasteiger partial charge in [-0.1, -0.05) is 6.08 Å². The Morgan fingerprint density at radius 2 is 2.21 bits per heavy atom. The fourth-order valence-electron chi connectivity index (χ4n) is 4.31. The molecule has 0 aromatic rings. The number of fused-ring (bicyclic) bond motifs is 3. The van der Waals surface area contributed by atoms with Gasteiger partial charge in [-0.2, -0.15) is 0 Å². The van der Waals surface area contributed by atoms with Crippen molar-refractivity contribution in [3.05, 3.63) is 35.1 Å². The van der Waals surface area contributed by atoms with Gasteiger partial charge in [0.2, 0.25) is 5.91 Å². The molecule has 6 nitrogen and oxygen atoms in total. The van der Waals surface area contributed by atoms with Crippen LogP contribution < -0.4 is 0 Å². The SMILES string of the molecule is CC(=O)N1C(=O)C(=COC2C=C(C)C(=O)O2)C2CC3CCC=C3C21. The van der Waals surface area contributed by atoms with Crippen LogP contribution in [0.3, 0.4) is 0 Å². The average Bonchev–Trinajstić information content (AvgIpc) is 3.21. The van der Waals surface area contributed by atoms with Crippen LogP contribution in [0.1, 0.15) is 33.1 Å². The van der Waals surface area contributed by atoms with Crippen LogP contribution in [-0.2, 0) is 23.9 Å². The van der Waals surface area contributed by atoms with Crippen molar-refractivity contribution in [3.8, 4) is 0 Å². The Bertz CT molecular complexity index is 732. The molecule has 126 valence electrons. The lowest BCUT2D eigenvalue weighted by Gasteiger charge is -2.21. The number of likely N-dealkylation sites (tertiary alicyclic amines) is 1. The number of carbonyl (C=O) groups is 3. The minimum atomic E-state index is -0.803. The molecule has 4 atom stereocenters. The predicted octanol–water partition coefficient (Wildman–Crippen LogP) is 1.83. The summed E-state index contributed by atoms with van der Waals surface area (Å²) in [6.45, 7) is 3.07. The van der Waals surface area contributed by atoms with Gasteiger partial charge in [-0.3, -0.25) is 14.5 Å². The van der Waals surface area contributed by atoms with Crippen LogP contribution in [0, 0.1) is 11.8 Å². The normalized spacial score (nSPS) is 35.8. The van der Waals surface area contributed by atoms with Gasteiger partial charge in [0.15, 0.2) is 0 Å². The van der Waals surface area contributed by atoms with Crippen LogP contribution in [0.15, 0.2) is 35.1 Å². The number of allylic oxidation sites excluding steroid dienone is 1. The standard InChI is InChI=1S/C18H19NO5/c1-9-6-15(24-18(9)22)23-8-14-13-7-11-4-3-5-12(11)16(13)19(10(2)20)17(14)21/h5-6,8,11,13,15-16H,3-4,7H2,1-2H3. The third kappa shape index (κ3) is 2.12. The Balaban J connectivity index is 1.61. The highest BCUT2D eigenvalue weighted by molar-refractivity contribution is 6.07. The molecule has 2 fully saturated rings. The smallest absolute Gasteiger partial charge is 0.336 e. The number of ether oxygens (including phenoxy) is 2. The second kappa shape index (κ2) is 5.33. The van der Waals surface area contributed by atoms with Crippen LogP contribution in [0.25, 0.3) is 0 Å². The monoisotopic (exact) mass is 329 g/mol. The van der Waals surface area contributed by atoms with Crippen molar-refractivity contribution in [1.82, 2.24) is 4.90 Å². The van der Waals surface area contributed by atoms with Crippen LogP contribution in [0.2, 0.25) is 0 Å². The van der Waals surface area contributed by atoms with Gasteiger partial charge in [0.25, 0.3) is 12.2 Å². The maximum Gasteiger partial charge on any atom is 0.336 e. The molecule has 4 unspecified atom stereocenters. The number of amides is 2. The molecule has 24 heavy (non-hydrogen) atoms. The summed E-state index contributed by atoms with van der Waals surface area (Å²) in [6, 6.07) is -0.166. The minimum absolute atomic E-state index is 0.0277. The van der Waals surface area contributed by atoms with Crippen molar-refractivity contribution in [2.45, 2.75) is 45.4 Å². The number of esters is 1. The van der Waals surface area contributed by atoms with Gasteiger partial charge in [-0.15, -0.1) is 0 Å². The van der Waals surface area contributed by atoms with E-state index in [-0.39, 0.29) is 23.8 Å². The largest absolute Gasteiger partial charge is 0.458 e. The molecule has 2 aliphatic carbocycles. The summed E-state index contributed by atoms with van der Waals surface area (Å²) in [5, 5.41) is 0. The van der Waals surface area contributed by atoms with Gasteiger partial charge in [-0.05, 0) is 37.7 Å². The molecule has 1 saturated carbocycles. The second-order valence-electron chi connectivity index (χ2n) is 6.79. The molecule has 4 rings (SSSR count). The summed E-state index contributed by atoms with van der Waals surface area (Å²) < 4.78 is 10.5. The third-order valence-corrected chi connectivity index (χ3v) is 5.37. The number of imide groups is 1. The van der Waals surface area contributed by atoms with E-state index in [4.69, 9.17) is 9.47 Å². The zero-order valence-electron chi connectivity index (χ0n) is 13.7. The van der Waals surface area contributed by atoms with E-state index >= 15 is 0 Å². The summed E-state index contributed by atoms with van der Waals surface area (Å²) in [4.78, 5) is 37.4. The summed E-state index contributed by atoms with van der Waals surface area (Å²) in [7, 11) is 0. The number of hydrogen-bond acceptors (Lipinski definition) is 5. The van der Waals surface area contributed by atoms with Crippen molar-refractivity contribution in [3.63, 3.8) is 0 Å². The molecule has 2 aliphatic heterocycles. The van der Waals surface area contributed by atoms with E-state index in [0.29, 0.717) is 17.1 Å². The van der Waals surface area contributed by atoms with Crippen molar-refractivity contribution in [2.24, 2.45) is 11.8 Å². The zero-order valence-corrected chi connectivity index (χ0v) is 13.7. The summed E-state index contributed by atoms with van der Waals surface area (Å²) in [5.74, 6) is -0.534. The molecule has 0 N–H and O–H groups in total. The van der Waals surface area contributed by atoms with E-state index < -0.39 is 12.3 Å². The molecule has 2 heterocycles. The van der Waals surface area contributed by atoms with Gasteiger partial charge in [0, 0.05) is 24.5 Å². The highest BCUT2D eigenvalue weighted by Gasteiger charge is 2.54. The van der Waals surface area contributed by atoms with Crippen molar-refractivity contribution >= 4 is 17.8 Å². The van der Waals surface area contributed by atoms with E-state index in [1.165, 1.54) is 23.7 Å². The average molecular weight is 329 g/mol. The first-order valence-corrected chi connectivity index (χ1v) is 8.26. The van der Waals surface area contributed by atoms with Crippen molar-refractivity contribution in [2.75, 3.05) is 0 Å². The molecule has 0 aromatic heterocycles. The summed E-state index contributed by atoms with van der Waals surface area (Å²) >= 11 is 0. The Labute approximate surface area is 139 Å². The Kier molecular flexibility index (Phi) is 3.37. The zero-order chi connectivity index (χ0) is 17.0. The molecule has 0 radical (unpaired) electrons. The molecule has 0 bridgehead atoms. The fourth-order valence-corrected chi connectivity index (χ4v) is 4.31. The molecule has 1 saturated heterocycles. The fraction of sp³-hybridized carbons (Fsp3) is 0.500. The van der Waals surface area contributed by atoms with E-state index in [1.807, 2.05) is 0 Å². The highest BCUT2D eigenvalue weighted by Crippen LogP contribution is 2.52. The van der Waals surface area contributed by atoms with E-state index in [9.17, 15) is 14.4 Å². The number of nitrogens with zero attached hydrogens (tertiary/aromatic N) is 1. The van der Waals surface area contributed by atoms with Gasteiger partial charge >= 0.3 is 5.97 Å². The molecular weight excluding hydrogens is 310 g/mol. The van der Waals surface area contributed by atoms with Gasteiger partial charge in [0.1, 0.15) is 0 Å². The maximum atomic E-state index is 12.7. The lowest BCUT2D eigenvalue weighted by atomic mass is 9.96. The van der Waals surface area contributed by atoms with E-state index in [2.05, 4.69) is 6.08 Å². The first kappa shape index (κ1) is 15.2. The third-order valence-electron chi connectivity index (χ3n) is 5.37. The quantitative estimate of drug-likeness (QED) is 0.334. The Morgan fingerprint density at radius 3 is 2.88 bits per heavy atom. The van der Waals surface area contributed by atoms with Crippen LogP contribution in [0.4, 0.5) is 0 Å².